The van der Waals surface area contributed by atoms with Crippen molar-refractivity contribution in [3.63, 3.8) is 0 Å². The summed E-state index contributed by atoms with van der Waals surface area (Å²) in [6, 6.07) is 4.76. The van der Waals surface area contributed by atoms with Gasteiger partial charge in [-0.2, -0.15) is 4.98 Å². The second-order valence-electron chi connectivity index (χ2n) is 5.98. The zero-order valence-electron chi connectivity index (χ0n) is 12.3. The Morgan fingerprint density at radius 2 is 2.19 bits per heavy atom. The highest BCUT2D eigenvalue weighted by molar-refractivity contribution is 5.84. The summed E-state index contributed by atoms with van der Waals surface area (Å²) in [5.41, 5.74) is 0.388. The molecule has 2 rings (SSSR count). The van der Waals surface area contributed by atoms with Crippen molar-refractivity contribution in [2.75, 3.05) is 11.9 Å². The molecule has 1 heterocycles. The molecular weight excluding hydrogens is 274 g/mol. The highest BCUT2D eigenvalue weighted by Crippen LogP contribution is 2.30. The van der Waals surface area contributed by atoms with E-state index in [4.69, 9.17) is 9.52 Å². The second kappa shape index (κ2) is 5.69. The van der Waals surface area contributed by atoms with Crippen molar-refractivity contribution < 1.29 is 14.4 Å². The first-order valence-corrected chi connectivity index (χ1v) is 6.74. The van der Waals surface area contributed by atoms with Crippen LogP contribution >= 0.6 is 0 Å². The van der Waals surface area contributed by atoms with Crippen LogP contribution in [-0.2, 0) is 0 Å². The van der Waals surface area contributed by atoms with Gasteiger partial charge in [0.05, 0.1) is 4.92 Å². The topological polar surface area (TPSA) is 101 Å². The average molecular weight is 293 g/mol. The molecule has 0 aliphatic carbocycles. The maximum atomic E-state index is 11.0. The lowest BCUT2D eigenvalue weighted by molar-refractivity contribution is -0.383. The summed E-state index contributed by atoms with van der Waals surface area (Å²) in [6.45, 7) is 6.14. The Kier molecular flexibility index (Phi) is 4.13. The van der Waals surface area contributed by atoms with E-state index in [2.05, 4.69) is 10.3 Å². The maximum absolute atomic E-state index is 11.0. The van der Waals surface area contributed by atoms with E-state index in [1.54, 1.807) is 12.1 Å². The molecule has 2 aromatic rings. The predicted octanol–water partition coefficient (Wildman–Crippen LogP) is 2.95. The van der Waals surface area contributed by atoms with Gasteiger partial charge in [-0.1, -0.05) is 26.8 Å². The van der Waals surface area contributed by atoms with Crippen molar-refractivity contribution in [3.05, 3.63) is 28.3 Å². The summed E-state index contributed by atoms with van der Waals surface area (Å²) in [5, 5.41) is 23.2. The quantitative estimate of drug-likeness (QED) is 0.649. The van der Waals surface area contributed by atoms with Crippen LogP contribution in [0.5, 0.6) is 0 Å². The number of aliphatic hydroxyl groups excluding tert-OH is 1. The van der Waals surface area contributed by atoms with E-state index in [0.29, 0.717) is 12.0 Å². The van der Waals surface area contributed by atoms with Crippen molar-refractivity contribution in [2.45, 2.75) is 33.2 Å². The number of fused-ring (bicyclic) bond motifs is 1. The van der Waals surface area contributed by atoms with Crippen LogP contribution in [0.2, 0.25) is 0 Å². The average Bonchev–Trinajstić information content (AvgIpc) is 2.79. The van der Waals surface area contributed by atoms with Gasteiger partial charge in [-0.15, -0.1) is 0 Å². The van der Waals surface area contributed by atoms with Crippen molar-refractivity contribution in [1.82, 2.24) is 4.98 Å². The van der Waals surface area contributed by atoms with Gasteiger partial charge in [0, 0.05) is 18.7 Å². The number of hydrogen-bond donors (Lipinski definition) is 2. The van der Waals surface area contributed by atoms with Crippen LogP contribution in [0.3, 0.4) is 0 Å². The normalized spacial score (nSPS) is 13.3. The Hall–Kier alpha value is -2.15. The molecule has 21 heavy (non-hydrogen) atoms. The largest absolute Gasteiger partial charge is 0.423 e. The number of nitro benzene ring substituents is 1. The molecule has 0 saturated heterocycles. The minimum atomic E-state index is -0.483. The molecular formula is C14H19N3O4. The number of oxazole rings is 1. The minimum Gasteiger partial charge on any atom is -0.423 e. The fourth-order valence-electron chi connectivity index (χ4n) is 2.14. The summed E-state index contributed by atoms with van der Waals surface area (Å²) >= 11 is 0. The van der Waals surface area contributed by atoms with Crippen LogP contribution in [0.1, 0.15) is 27.2 Å². The summed E-state index contributed by atoms with van der Waals surface area (Å²) in [5.74, 6) is 0. The lowest BCUT2D eigenvalue weighted by Crippen LogP contribution is -2.34. The molecule has 0 saturated carbocycles. The van der Waals surface area contributed by atoms with Gasteiger partial charge in [0.15, 0.2) is 11.1 Å². The summed E-state index contributed by atoms with van der Waals surface area (Å²) < 4.78 is 5.52. The Labute approximate surface area is 122 Å². The number of nitro groups is 1. The number of aliphatic hydroxyl groups is 1. The third-order valence-corrected chi connectivity index (χ3v) is 3.36. The van der Waals surface area contributed by atoms with Crippen LogP contribution in [0.4, 0.5) is 11.7 Å². The number of nitrogens with zero attached hydrogens (tertiary/aromatic N) is 2. The van der Waals surface area contributed by atoms with Crippen LogP contribution in [0, 0.1) is 15.5 Å². The fourth-order valence-corrected chi connectivity index (χ4v) is 2.14. The molecule has 2 N–H and O–H groups in total. The van der Waals surface area contributed by atoms with E-state index in [1.165, 1.54) is 6.07 Å². The molecule has 1 atom stereocenters. The van der Waals surface area contributed by atoms with E-state index in [0.717, 1.165) is 0 Å². The number of hydrogen-bond acceptors (Lipinski definition) is 6. The van der Waals surface area contributed by atoms with Crippen molar-refractivity contribution in [1.29, 1.82) is 0 Å². The van der Waals surface area contributed by atoms with E-state index >= 15 is 0 Å². The Bertz CT molecular complexity index is 645. The highest BCUT2D eigenvalue weighted by Gasteiger charge is 2.26. The van der Waals surface area contributed by atoms with Crippen molar-refractivity contribution >= 4 is 22.8 Å². The van der Waals surface area contributed by atoms with Gasteiger partial charge < -0.3 is 14.8 Å². The molecule has 0 aliphatic heterocycles. The molecule has 1 unspecified atom stereocenters. The molecule has 0 spiro atoms. The molecule has 1 aromatic carbocycles. The molecule has 7 heteroatoms. The van der Waals surface area contributed by atoms with Gasteiger partial charge in [0.1, 0.15) is 0 Å². The molecule has 0 radical (unpaired) electrons. The fraction of sp³-hybridized carbons (Fsp3) is 0.500. The summed E-state index contributed by atoms with van der Waals surface area (Å²) in [7, 11) is 0. The van der Waals surface area contributed by atoms with Gasteiger partial charge in [-0.25, -0.2) is 0 Å². The highest BCUT2D eigenvalue weighted by atomic mass is 16.6. The van der Waals surface area contributed by atoms with Crippen LogP contribution in [-0.4, -0.2) is 27.7 Å². The Balaban J connectivity index is 2.35. The maximum Gasteiger partial charge on any atom is 0.298 e. The SMILES string of the molecule is CC(C)(C)C(CCO)Nc1nc2c([N+](=O)[O-])cccc2o1. The number of rotatable bonds is 5. The predicted molar refractivity (Wildman–Crippen MR) is 79.2 cm³/mol. The molecule has 1 aromatic heterocycles. The first-order chi connectivity index (χ1) is 9.82. The molecule has 114 valence electrons. The van der Waals surface area contributed by atoms with Crippen LogP contribution in [0.15, 0.2) is 22.6 Å². The van der Waals surface area contributed by atoms with Crippen LogP contribution < -0.4 is 5.32 Å². The molecule has 7 nitrogen and oxygen atoms in total. The second-order valence-corrected chi connectivity index (χ2v) is 5.98. The standard InChI is InChI=1S/C14H19N3O4/c1-14(2,3)11(7-8-18)15-13-16-12-9(17(19)20)5-4-6-10(12)21-13/h4-6,11,18H,7-8H2,1-3H3,(H,15,16). The molecule has 0 fully saturated rings. The number of benzene rings is 1. The molecule has 0 bridgehead atoms. The first-order valence-electron chi connectivity index (χ1n) is 6.74. The Morgan fingerprint density at radius 1 is 1.48 bits per heavy atom. The lowest BCUT2D eigenvalue weighted by atomic mass is 9.85. The van der Waals surface area contributed by atoms with E-state index in [-0.39, 0.29) is 35.3 Å². The number of anilines is 1. The zero-order valence-corrected chi connectivity index (χ0v) is 12.3. The van der Waals surface area contributed by atoms with Gasteiger partial charge in [-0.05, 0) is 17.9 Å². The number of aromatic nitrogens is 1. The van der Waals surface area contributed by atoms with Gasteiger partial charge >= 0.3 is 0 Å². The van der Waals surface area contributed by atoms with E-state index in [9.17, 15) is 10.1 Å². The summed E-state index contributed by atoms with van der Waals surface area (Å²) in [6.07, 6.45) is 0.532. The van der Waals surface area contributed by atoms with E-state index < -0.39 is 4.92 Å². The first kappa shape index (κ1) is 15.2. The van der Waals surface area contributed by atoms with Gasteiger partial charge in [0.25, 0.3) is 11.7 Å². The monoisotopic (exact) mass is 293 g/mol. The summed E-state index contributed by atoms with van der Waals surface area (Å²) in [4.78, 5) is 14.7. The number of nitrogens with one attached hydrogen (secondary N) is 1. The lowest BCUT2D eigenvalue weighted by Gasteiger charge is -2.30. The third-order valence-electron chi connectivity index (χ3n) is 3.36. The molecule has 0 amide bonds. The van der Waals surface area contributed by atoms with Gasteiger partial charge in [-0.3, -0.25) is 10.1 Å². The number of para-hydroxylation sites is 1. The number of non-ortho nitro benzene ring substituents is 1. The zero-order chi connectivity index (χ0) is 15.6. The van der Waals surface area contributed by atoms with Crippen LogP contribution in [0.25, 0.3) is 11.1 Å². The smallest absolute Gasteiger partial charge is 0.298 e. The van der Waals surface area contributed by atoms with E-state index in [1.807, 2.05) is 20.8 Å². The molecule has 0 aliphatic rings. The minimum absolute atomic E-state index is 0.0370. The van der Waals surface area contributed by atoms with Crippen molar-refractivity contribution in [3.8, 4) is 0 Å². The third kappa shape index (κ3) is 3.30. The van der Waals surface area contributed by atoms with Gasteiger partial charge in [0.2, 0.25) is 0 Å². The Morgan fingerprint density at radius 3 is 2.76 bits per heavy atom. The van der Waals surface area contributed by atoms with Crippen molar-refractivity contribution in [2.24, 2.45) is 5.41 Å².